The Labute approximate surface area is 252 Å². The maximum atomic E-state index is 15.1. The molecule has 4 aromatic rings. The van der Waals surface area contributed by atoms with Gasteiger partial charge in [0.15, 0.2) is 11.5 Å². The monoisotopic (exact) mass is 611 g/mol. The number of hydrogen-bond acceptors (Lipinski definition) is 7. The van der Waals surface area contributed by atoms with Crippen molar-refractivity contribution in [2.24, 2.45) is 0 Å². The Balaban J connectivity index is 1.25. The van der Waals surface area contributed by atoms with Crippen LogP contribution in [0.4, 0.5) is 23.2 Å². The van der Waals surface area contributed by atoms with Gasteiger partial charge in [0.1, 0.15) is 12.1 Å². The summed E-state index contributed by atoms with van der Waals surface area (Å²) in [7, 11) is 3.68. The summed E-state index contributed by atoms with van der Waals surface area (Å²) in [6.45, 7) is 5.69. The van der Waals surface area contributed by atoms with Crippen LogP contribution in [0.2, 0.25) is 0 Å². The molecule has 8 nitrogen and oxygen atoms in total. The van der Waals surface area contributed by atoms with Crippen molar-refractivity contribution in [3.8, 4) is 22.8 Å². The first-order valence-electron chi connectivity index (χ1n) is 14.2. The summed E-state index contributed by atoms with van der Waals surface area (Å²) in [5.74, 6) is -0.201. The van der Waals surface area contributed by atoms with Gasteiger partial charge in [-0.15, -0.1) is 0 Å². The number of piperazine rings is 1. The van der Waals surface area contributed by atoms with Gasteiger partial charge in [0, 0.05) is 49.7 Å². The molecule has 1 aromatic heterocycles. The molecular weight excluding hydrogens is 578 g/mol. The SMILES string of the molecule is COc1cc2c(-c3ccc(NC(=O)Cc4ccc(C(F)(F)F)cc4)c(F)c3)ncnc2cc1OCCCN1CCN(C)CC1. The predicted octanol–water partition coefficient (Wildman–Crippen LogP) is 5.66. The Morgan fingerprint density at radius 3 is 2.41 bits per heavy atom. The van der Waals surface area contributed by atoms with E-state index in [0.29, 0.717) is 45.8 Å². The highest BCUT2D eigenvalue weighted by Gasteiger charge is 2.30. The normalized spacial score (nSPS) is 14.5. The zero-order chi connectivity index (χ0) is 31.3. The molecule has 0 atom stereocenters. The van der Waals surface area contributed by atoms with Crippen LogP contribution < -0.4 is 14.8 Å². The number of aromatic nitrogens is 2. The number of nitrogens with zero attached hydrogens (tertiary/aromatic N) is 4. The van der Waals surface area contributed by atoms with Crippen molar-refractivity contribution in [3.63, 3.8) is 0 Å². The van der Waals surface area contributed by atoms with Crippen LogP contribution in [0.1, 0.15) is 17.5 Å². The molecule has 0 spiro atoms. The Morgan fingerprint density at radius 1 is 0.977 bits per heavy atom. The van der Waals surface area contributed by atoms with Gasteiger partial charge in [0.2, 0.25) is 5.91 Å². The topological polar surface area (TPSA) is 79.8 Å². The lowest BCUT2D eigenvalue weighted by Gasteiger charge is -2.32. The van der Waals surface area contributed by atoms with Crippen molar-refractivity contribution in [2.75, 3.05) is 58.8 Å². The first-order valence-corrected chi connectivity index (χ1v) is 14.2. The molecule has 2 heterocycles. The van der Waals surface area contributed by atoms with Crippen molar-refractivity contribution >= 4 is 22.5 Å². The van der Waals surface area contributed by atoms with E-state index in [1.54, 1.807) is 25.3 Å². The first-order chi connectivity index (χ1) is 21.1. The van der Waals surface area contributed by atoms with Crippen molar-refractivity contribution in [1.82, 2.24) is 19.8 Å². The Bertz CT molecular complexity index is 1610. The lowest BCUT2D eigenvalue weighted by Crippen LogP contribution is -2.44. The molecule has 1 N–H and O–H groups in total. The standard InChI is InChI=1S/C32H33F4N5O3/c1-40-11-13-41(14-12-40)10-3-15-44-29-19-27-24(18-28(29)43-2)31(38-20-37-27)22-6-9-26(25(33)17-22)39-30(42)16-21-4-7-23(8-5-21)32(34,35)36/h4-9,17-20H,3,10-16H2,1-2H3,(H,39,42). The molecule has 0 unspecified atom stereocenters. The second-order valence-corrected chi connectivity index (χ2v) is 10.7. The molecule has 0 radical (unpaired) electrons. The van der Waals surface area contributed by atoms with Crippen LogP contribution in [0, 0.1) is 5.82 Å². The summed E-state index contributed by atoms with van der Waals surface area (Å²) >= 11 is 0. The molecule has 1 fully saturated rings. The van der Waals surface area contributed by atoms with Gasteiger partial charge in [0.05, 0.1) is 42.6 Å². The molecule has 12 heteroatoms. The molecule has 0 bridgehead atoms. The number of ether oxygens (including phenoxy) is 2. The van der Waals surface area contributed by atoms with Crippen molar-refractivity contribution < 1.29 is 31.8 Å². The van der Waals surface area contributed by atoms with E-state index in [4.69, 9.17) is 9.47 Å². The zero-order valence-corrected chi connectivity index (χ0v) is 24.5. The zero-order valence-electron chi connectivity index (χ0n) is 24.5. The van der Waals surface area contributed by atoms with E-state index in [2.05, 4.69) is 32.1 Å². The summed E-state index contributed by atoms with van der Waals surface area (Å²) in [6.07, 6.45) is -2.42. The number of anilines is 1. The lowest BCUT2D eigenvalue weighted by atomic mass is 10.0. The number of alkyl halides is 3. The minimum absolute atomic E-state index is 0.0612. The number of carbonyl (C=O) groups is 1. The third-order valence-corrected chi connectivity index (χ3v) is 7.56. The fourth-order valence-electron chi connectivity index (χ4n) is 5.06. The predicted molar refractivity (Wildman–Crippen MR) is 159 cm³/mol. The third-order valence-electron chi connectivity index (χ3n) is 7.56. The first kappa shape index (κ1) is 31.1. The Kier molecular flexibility index (Phi) is 9.60. The van der Waals surface area contributed by atoms with E-state index >= 15 is 4.39 Å². The minimum atomic E-state index is -4.47. The number of fused-ring (bicyclic) bond motifs is 1. The van der Waals surface area contributed by atoms with Crippen LogP contribution >= 0.6 is 0 Å². The third kappa shape index (κ3) is 7.61. The van der Waals surface area contributed by atoms with Crippen molar-refractivity contribution in [2.45, 2.75) is 19.0 Å². The van der Waals surface area contributed by atoms with Crippen molar-refractivity contribution in [3.05, 3.63) is 77.9 Å². The average Bonchev–Trinajstić information content (AvgIpc) is 3.00. The van der Waals surface area contributed by atoms with E-state index in [0.717, 1.165) is 51.3 Å². The van der Waals surface area contributed by atoms with Crippen LogP contribution in [0.3, 0.4) is 0 Å². The smallest absolute Gasteiger partial charge is 0.416 e. The highest BCUT2D eigenvalue weighted by molar-refractivity contribution is 5.95. The van der Waals surface area contributed by atoms with E-state index in [1.807, 2.05) is 0 Å². The molecule has 232 valence electrons. The number of methoxy groups -OCH3 is 1. The van der Waals surface area contributed by atoms with Gasteiger partial charge in [-0.3, -0.25) is 4.79 Å². The summed E-state index contributed by atoms with van der Waals surface area (Å²) in [5.41, 5.74) is 1.02. The Morgan fingerprint density at radius 2 is 1.73 bits per heavy atom. The second-order valence-electron chi connectivity index (χ2n) is 10.7. The molecular formula is C32H33F4N5O3. The molecule has 1 aliphatic heterocycles. The number of hydrogen-bond donors (Lipinski definition) is 1. The fourth-order valence-corrected chi connectivity index (χ4v) is 5.06. The quantitative estimate of drug-likeness (QED) is 0.183. The number of rotatable bonds is 10. The Hall–Kier alpha value is -4.29. The van der Waals surface area contributed by atoms with Gasteiger partial charge in [-0.25, -0.2) is 14.4 Å². The van der Waals surface area contributed by atoms with Gasteiger partial charge in [-0.05, 0) is 49.4 Å². The summed E-state index contributed by atoms with van der Waals surface area (Å²) in [6, 6.07) is 12.1. The number of amides is 1. The number of halogens is 4. The number of nitrogens with one attached hydrogen (secondary N) is 1. The molecule has 1 saturated heterocycles. The molecule has 0 saturated carbocycles. The van der Waals surface area contributed by atoms with Gasteiger partial charge in [0.25, 0.3) is 0 Å². The minimum Gasteiger partial charge on any atom is -0.493 e. The van der Waals surface area contributed by atoms with Crippen LogP contribution in [-0.4, -0.2) is 79.2 Å². The van der Waals surface area contributed by atoms with E-state index in [9.17, 15) is 18.0 Å². The van der Waals surface area contributed by atoms with Crippen LogP contribution in [-0.2, 0) is 17.4 Å². The van der Waals surface area contributed by atoms with E-state index in [-0.39, 0.29) is 12.1 Å². The highest BCUT2D eigenvalue weighted by Crippen LogP contribution is 2.36. The molecule has 1 amide bonds. The second kappa shape index (κ2) is 13.6. The van der Waals surface area contributed by atoms with Gasteiger partial charge >= 0.3 is 6.18 Å². The van der Waals surface area contributed by atoms with Gasteiger partial charge < -0.3 is 24.6 Å². The molecule has 3 aromatic carbocycles. The molecule has 1 aliphatic rings. The number of benzene rings is 3. The van der Waals surface area contributed by atoms with Gasteiger partial charge in [-0.2, -0.15) is 13.2 Å². The number of likely N-dealkylation sites (N-methyl/N-ethyl adjacent to an activating group) is 1. The summed E-state index contributed by atoms with van der Waals surface area (Å²) in [5, 5.41) is 3.11. The summed E-state index contributed by atoms with van der Waals surface area (Å²) < 4.78 is 65.1. The van der Waals surface area contributed by atoms with Gasteiger partial charge in [-0.1, -0.05) is 18.2 Å². The van der Waals surface area contributed by atoms with Crippen LogP contribution in [0.5, 0.6) is 11.5 Å². The average molecular weight is 612 g/mol. The summed E-state index contributed by atoms with van der Waals surface area (Å²) in [4.78, 5) is 26.0. The lowest BCUT2D eigenvalue weighted by molar-refractivity contribution is -0.137. The molecule has 5 rings (SSSR count). The maximum absolute atomic E-state index is 15.1. The highest BCUT2D eigenvalue weighted by atomic mass is 19.4. The van der Waals surface area contributed by atoms with Crippen LogP contribution in [0.15, 0.2) is 60.9 Å². The fraction of sp³-hybridized carbons (Fsp3) is 0.344. The molecule has 0 aliphatic carbocycles. The van der Waals surface area contributed by atoms with Crippen LogP contribution in [0.25, 0.3) is 22.2 Å². The van der Waals surface area contributed by atoms with E-state index in [1.165, 1.54) is 30.6 Å². The maximum Gasteiger partial charge on any atom is 0.416 e. The molecule has 44 heavy (non-hydrogen) atoms. The largest absolute Gasteiger partial charge is 0.493 e. The van der Waals surface area contributed by atoms with Crippen molar-refractivity contribution in [1.29, 1.82) is 0 Å². The van der Waals surface area contributed by atoms with E-state index < -0.39 is 23.5 Å². The number of carbonyl (C=O) groups excluding carboxylic acids is 1.